The van der Waals surface area contributed by atoms with Gasteiger partial charge in [0.25, 0.3) is 5.24 Å². The number of thioether (sulfide) groups is 1. The summed E-state index contributed by atoms with van der Waals surface area (Å²) in [5.74, 6) is -0.523. The first-order valence-corrected chi connectivity index (χ1v) is 7.61. The first kappa shape index (κ1) is 15.1. The minimum Gasteiger partial charge on any atom is -0.478 e. The minimum absolute atomic E-state index is 0.187. The predicted molar refractivity (Wildman–Crippen MR) is 91.0 cm³/mol. The monoisotopic (exact) mass is 324 g/mol. The maximum absolute atomic E-state index is 11.6. The maximum Gasteiger partial charge on any atom is 0.335 e. The first-order chi connectivity index (χ1) is 11.1. The van der Waals surface area contributed by atoms with Gasteiger partial charge in [0.1, 0.15) is 5.84 Å². The molecule has 23 heavy (non-hydrogen) atoms. The third kappa shape index (κ3) is 3.67. The molecular formula is C17H12N2O3S. The number of amides is 1. The van der Waals surface area contributed by atoms with Gasteiger partial charge in [-0.1, -0.05) is 30.3 Å². The van der Waals surface area contributed by atoms with Crippen molar-refractivity contribution in [2.75, 3.05) is 0 Å². The van der Waals surface area contributed by atoms with Crippen LogP contribution in [0, 0.1) is 0 Å². The molecule has 0 saturated carbocycles. The van der Waals surface area contributed by atoms with Crippen molar-refractivity contribution in [2.45, 2.75) is 0 Å². The van der Waals surface area contributed by atoms with Crippen molar-refractivity contribution in [1.82, 2.24) is 5.32 Å². The van der Waals surface area contributed by atoms with Crippen LogP contribution in [-0.4, -0.2) is 22.2 Å². The average molecular weight is 324 g/mol. The molecule has 2 aromatic carbocycles. The highest BCUT2D eigenvalue weighted by Gasteiger charge is 2.23. The van der Waals surface area contributed by atoms with Gasteiger partial charge >= 0.3 is 5.97 Å². The molecule has 1 aliphatic rings. The fraction of sp³-hybridized carbons (Fsp3) is 0. The van der Waals surface area contributed by atoms with Crippen LogP contribution in [0.2, 0.25) is 0 Å². The number of benzene rings is 2. The Balaban J connectivity index is 1.91. The summed E-state index contributed by atoms with van der Waals surface area (Å²) < 4.78 is 0. The molecule has 0 radical (unpaired) electrons. The van der Waals surface area contributed by atoms with Crippen molar-refractivity contribution in [1.29, 1.82) is 0 Å². The fourth-order valence-electron chi connectivity index (χ4n) is 2.02. The van der Waals surface area contributed by atoms with Gasteiger partial charge in [0, 0.05) is 0 Å². The number of aromatic carboxylic acids is 1. The van der Waals surface area contributed by atoms with Crippen molar-refractivity contribution < 1.29 is 14.7 Å². The summed E-state index contributed by atoms with van der Waals surface area (Å²) in [6.07, 6.45) is 1.88. The third-order valence-corrected chi connectivity index (χ3v) is 3.93. The van der Waals surface area contributed by atoms with Gasteiger partial charge in [-0.2, -0.15) is 0 Å². The second kappa shape index (κ2) is 6.50. The molecule has 1 saturated heterocycles. The lowest BCUT2D eigenvalue weighted by Gasteiger charge is -2.01. The van der Waals surface area contributed by atoms with E-state index in [-0.39, 0.29) is 10.8 Å². The molecule has 0 atom stereocenters. The molecule has 0 unspecified atom stereocenters. The minimum atomic E-state index is -0.987. The Hall–Kier alpha value is -2.86. The van der Waals surface area contributed by atoms with Crippen LogP contribution >= 0.6 is 11.8 Å². The summed E-state index contributed by atoms with van der Waals surface area (Å²) >= 11 is 1.08. The lowest BCUT2D eigenvalue weighted by atomic mass is 10.2. The lowest BCUT2D eigenvalue weighted by molar-refractivity contribution is 0.0697. The van der Waals surface area contributed by atoms with Gasteiger partial charge in [0.15, 0.2) is 0 Å². The number of nitrogens with zero attached hydrogens (tertiary/aromatic N) is 1. The molecule has 5 nitrogen and oxygen atoms in total. The van der Waals surface area contributed by atoms with Crippen molar-refractivity contribution in [2.24, 2.45) is 4.99 Å². The van der Waals surface area contributed by atoms with E-state index in [4.69, 9.17) is 5.11 Å². The number of rotatable bonds is 3. The molecule has 1 heterocycles. The number of carbonyl (C=O) groups excluding carboxylic acids is 1. The van der Waals surface area contributed by atoms with Gasteiger partial charge in [0.05, 0.1) is 16.2 Å². The zero-order chi connectivity index (χ0) is 16.2. The van der Waals surface area contributed by atoms with Gasteiger partial charge in [-0.25, -0.2) is 9.79 Å². The van der Waals surface area contributed by atoms with Gasteiger partial charge in [-0.15, -0.1) is 0 Å². The maximum atomic E-state index is 11.6. The van der Waals surface area contributed by atoms with E-state index in [9.17, 15) is 9.59 Å². The van der Waals surface area contributed by atoms with Gasteiger partial charge in [0.2, 0.25) is 0 Å². The molecule has 0 spiro atoms. The average Bonchev–Trinajstić information content (AvgIpc) is 2.88. The zero-order valence-corrected chi connectivity index (χ0v) is 12.7. The van der Waals surface area contributed by atoms with E-state index in [0.717, 1.165) is 22.2 Å². The van der Waals surface area contributed by atoms with Crippen molar-refractivity contribution in [3.05, 3.63) is 70.6 Å². The fourth-order valence-corrected chi connectivity index (χ4v) is 2.76. The van der Waals surface area contributed by atoms with Crippen LogP contribution in [0.1, 0.15) is 15.9 Å². The standard InChI is InChI=1S/C17H12N2O3S/c20-16(21)12-6-8-13(9-7-12)18-15-14(23-17(22)19-15)10-11-4-2-1-3-5-11/h1-10H,(H,20,21)(H,18,19,22)/b14-10-. The van der Waals surface area contributed by atoms with Crippen LogP contribution in [0.15, 0.2) is 64.5 Å². The molecule has 1 aliphatic heterocycles. The number of nitrogens with one attached hydrogen (secondary N) is 1. The molecule has 2 aromatic rings. The smallest absolute Gasteiger partial charge is 0.335 e. The number of hydrogen-bond donors (Lipinski definition) is 2. The third-order valence-electron chi connectivity index (χ3n) is 3.11. The molecule has 1 amide bonds. The summed E-state index contributed by atoms with van der Waals surface area (Å²) in [5.41, 5.74) is 1.74. The quantitative estimate of drug-likeness (QED) is 0.897. The highest BCUT2D eigenvalue weighted by atomic mass is 32.2. The summed E-state index contributed by atoms with van der Waals surface area (Å²) in [6, 6.07) is 15.8. The van der Waals surface area contributed by atoms with Crippen LogP contribution in [0.4, 0.5) is 10.5 Å². The highest BCUT2D eigenvalue weighted by Crippen LogP contribution is 2.28. The Labute approximate surface area is 136 Å². The number of amidine groups is 1. The van der Waals surface area contributed by atoms with E-state index in [2.05, 4.69) is 10.3 Å². The molecule has 2 N–H and O–H groups in total. The number of carboxylic acid groups (broad SMARTS) is 1. The van der Waals surface area contributed by atoms with Crippen molar-refractivity contribution in [3.8, 4) is 0 Å². The number of hydrogen-bond acceptors (Lipinski definition) is 4. The summed E-state index contributed by atoms with van der Waals surface area (Å²) in [5, 5.41) is 11.4. The Morgan fingerprint density at radius 2 is 1.78 bits per heavy atom. The molecule has 1 fully saturated rings. The van der Waals surface area contributed by atoms with Gasteiger partial charge < -0.3 is 10.4 Å². The van der Waals surface area contributed by atoms with Crippen molar-refractivity contribution >= 4 is 40.6 Å². The predicted octanol–water partition coefficient (Wildman–Crippen LogP) is 3.91. The molecule has 114 valence electrons. The molecule has 0 bridgehead atoms. The van der Waals surface area contributed by atoms with E-state index in [1.165, 1.54) is 12.1 Å². The molecule has 0 aliphatic carbocycles. The highest BCUT2D eigenvalue weighted by molar-refractivity contribution is 8.18. The van der Waals surface area contributed by atoms with Crippen molar-refractivity contribution in [3.63, 3.8) is 0 Å². The summed E-state index contributed by atoms with van der Waals surface area (Å²) in [6.45, 7) is 0. The number of carbonyl (C=O) groups is 2. The Morgan fingerprint density at radius 3 is 2.43 bits per heavy atom. The molecule has 6 heteroatoms. The number of carboxylic acids is 1. The molecule has 0 aromatic heterocycles. The van der Waals surface area contributed by atoms with E-state index >= 15 is 0 Å². The summed E-state index contributed by atoms with van der Waals surface area (Å²) in [7, 11) is 0. The van der Waals surface area contributed by atoms with E-state index in [0.29, 0.717) is 11.5 Å². The largest absolute Gasteiger partial charge is 0.478 e. The van der Waals surface area contributed by atoms with Crippen LogP contribution in [-0.2, 0) is 0 Å². The van der Waals surface area contributed by atoms with Gasteiger partial charge in [-0.05, 0) is 47.7 Å². The van der Waals surface area contributed by atoms with Crippen LogP contribution in [0.25, 0.3) is 6.08 Å². The van der Waals surface area contributed by atoms with Crippen LogP contribution < -0.4 is 5.32 Å². The second-order valence-corrected chi connectivity index (χ2v) is 5.76. The van der Waals surface area contributed by atoms with Gasteiger partial charge in [-0.3, -0.25) is 4.79 Å². The van der Waals surface area contributed by atoms with E-state index in [1.807, 2.05) is 36.4 Å². The Bertz CT molecular complexity index is 811. The summed E-state index contributed by atoms with van der Waals surface area (Å²) in [4.78, 5) is 27.6. The molecule has 3 rings (SSSR count). The number of aliphatic imine (C=N–C) groups is 1. The topological polar surface area (TPSA) is 78.8 Å². The normalized spacial score (nSPS) is 17.5. The molecular weight excluding hydrogens is 312 g/mol. The van der Waals surface area contributed by atoms with E-state index < -0.39 is 5.97 Å². The Morgan fingerprint density at radius 1 is 1.09 bits per heavy atom. The van der Waals surface area contributed by atoms with Crippen LogP contribution in [0.3, 0.4) is 0 Å². The first-order valence-electron chi connectivity index (χ1n) is 6.80. The SMILES string of the molecule is O=C1NC(=Nc2ccc(C(=O)O)cc2)/C(=C/c2ccccc2)S1. The Kier molecular flexibility index (Phi) is 4.25. The van der Waals surface area contributed by atoms with E-state index in [1.54, 1.807) is 12.1 Å². The zero-order valence-electron chi connectivity index (χ0n) is 11.9. The second-order valence-electron chi connectivity index (χ2n) is 4.75. The lowest BCUT2D eigenvalue weighted by Crippen LogP contribution is -2.18. The van der Waals surface area contributed by atoms with Crippen LogP contribution in [0.5, 0.6) is 0 Å².